The lowest BCUT2D eigenvalue weighted by molar-refractivity contribution is -0.137. The summed E-state index contributed by atoms with van der Waals surface area (Å²) in [4.78, 5) is 25.4. The first-order chi connectivity index (χ1) is 15.2. The number of hydrogen-bond donors (Lipinski definition) is 1. The van der Waals surface area contributed by atoms with Crippen LogP contribution in [0.2, 0.25) is 5.02 Å². The Bertz CT molecular complexity index is 1130. The highest BCUT2D eigenvalue weighted by atomic mass is 35.5. The number of carboxylic acids is 1. The molecular formula is C23H27ClN4O4. The number of hydrogen-bond acceptors (Lipinski definition) is 5. The number of carboxylic acid groups (broad SMARTS) is 1. The zero-order valence-electron chi connectivity index (χ0n) is 18.6. The Labute approximate surface area is 191 Å². The lowest BCUT2D eigenvalue weighted by Gasteiger charge is -2.22. The predicted octanol–water partition coefficient (Wildman–Crippen LogP) is 4.60. The molecule has 3 aromatic rings. The fourth-order valence-electron chi connectivity index (χ4n) is 3.48. The van der Waals surface area contributed by atoms with Crippen LogP contribution in [0.4, 0.5) is 4.79 Å². The summed E-state index contributed by atoms with van der Waals surface area (Å²) in [5.74, 6) is -1.33. The third kappa shape index (κ3) is 5.37. The Balaban J connectivity index is 1.92. The van der Waals surface area contributed by atoms with Crippen LogP contribution in [-0.2, 0) is 23.1 Å². The van der Waals surface area contributed by atoms with Crippen LogP contribution in [0.1, 0.15) is 49.3 Å². The van der Waals surface area contributed by atoms with Crippen LogP contribution in [0.5, 0.6) is 0 Å². The number of nitrogens with zero attached hydrogens (tertiary/aromatic N) is 4. The molecule has 9 heteroatoms. The number of benzene rings is 2. The average molecular weight is 459 g/mol. The van der Waals surface area contributed by atoms with Crippen LogP contribution in [0.15, 0.2) is 36.4 Å². The van der Waals surface area contributed by atoms with Gasteiger partial charge in [0.1, 0.15) is 11.6 Å². The van der Waals surface area contributed by atoms with Gasteiger partial charge < -0.3 is 14.7 Å². The van der Waals surface area contributed by atoms with Crippen molar-refractivity contribution in [3.8, 4) is 0 Å². The lowest BCUT2D eigenvalue weighted by atomic mass is 9.87. The highest BCUT2D eigenvalue weighted by molar-refractivity contribution is 6.31. The Morgan fingerprint density at radius 3 is 2.59 bits per heavy atom. The minimum atomic E-state index is -0.917. The number of carbonyl (C=O) groups is 2. The van der Waals surface area contributed by atoms with Gasteiger partial charge in [0.15, 0.2) is 0 Å². The van der Waals surface area contributed by atoms with E-state index in [1.807, 2.05) is 44.2 Å². The molecule has 0 fully saturated rings. The molecule has 170 valence electrons. The molecule has 32 heavy (non-hydrogen) atoms. The van der Waals surface area contributed by atoms with Crippen molar-refractivity contribution in [1.29, 1.82) is 0 Å². The van der Waals surface area contributed by atoms with Gasteiger partial charge in [-0.2, -0.15) is 0 Å². The second-order valence-corrected chi connectivity index (χ2v) is 8.33. The van der Waals surface area contributed by atoms with Gasteiger partial charge in [-0.05, 0) is 48.2 Å². The third-order valence-corrected chi connectivity index (χ3v) is 5.85. The van der Waals surface area contributed by atoms with E-state index >= 15 is 0 Å². The summed E-state index contributed by atoms with van der Waals surface area (Å²) >= 11 is 6.40. The number of ether oxygens (including phenoxy) is 1. The standard InChI is InChI=1S/C23H27ClN4O4/c1-5-14(2)32-23(31)27(3)13-17-10-15(6-8-19(17)24)18(12-22(29)30)16-7-9-21-20(11-16)25-26-28(21)4/h6-11,14,18H,5,12-13H2,1-4H3,(H,29,30). The first-order valence-corrected chi connectivity index (χ1v) is 10.8. The smallest absolute Gasteiger partial charge is 0.410 e. The van der Waals surface area contributed by atoms with Crippen molar-refractivity contribution in [2.45, 2.75) is 45.3 Å². The Hall–Kier alpha value is -3.13. The van der Waals surface area contributed by atoms with Gasteiger partial charge in [0, 0.05) is 25.0 Å². The summed E-state index contributed by atoms with van der Waals surface area (Å²) in [7, 11) is 3.45. The molecule has 0 aliphatic rings. The van der Waals surface area contributed by atoms with E-state index in [0.717, 1.165) is 23.1 Å². The number of rotatable bonds is 8. The molecule has 0 radical (unpaired) electrons. The summed E-state index contributed by atoms with van der Waals surface area (Å²) in [6.45, 7) is 4.02. The van der Waals surface area contributed by atoms with Gasteiger partial charge in [0.2, 0.25) is 0 Å². The van der Waals surface area contributed by atoms with Crippen LogP contribution >= 0.6 is 11.6 Å². The molecule has 1 N–H and O–H groups in total. The Morgan fingerprint density at radius 1 is 1.22 bits per heavy atom. The van der Waals surface area contributed by atoms with Crippen molar-refractivity contribution >= 4 is 34.7 Å². The number of fused-ring (bicyclic) bond motifs is 1. The van der Waals surface area contributed by atoms with E-state index in [1.165, 1.54) is 4.90 Å². The second kappa shape index (κ2) is 9.99. The van der Waals surface area contributed by atoms with E-state index in [9.17, 15) is 14.7 Å². The molecule has 2 unspecified atom stereocenters. The van der Waals surface area contributed by atoms with Gasteiger partial charge >= 0.3 is 12.1 Å². The normalized spacial score (nSPS) is 13.0. The average Bonchev–Trinajstić information content (AvgIpc) is 3.13. The SMILES string of the molecule is CCC(C)OC(=O)N(C)Cc1cc(C(CC(=O)O)c2ccc3c(c2)nnn3C)ccc1Cl. The highest BCUT2D eigenvalue weighted by Gasteiger charge is 2.21. The summed E-state index contributed by atoms with van der Waals surface area (Å²) in [6.07, 6.45) is 0.0142. The maximum Gasteiger partial charge on any atom is 0.410 e. The summed E-state index contributed by atoms with van der Waals surface area (Å²) < 4.78 is 7.03. The minimum absolute atomic E-state index is 0.0985. The van der Waals surface area contributed by atoms with Gasteiger partial charge in [0.25, 0.3) is 0 Å². The second-order valence-electron chi connectivity index (χ2n) is 7.92. The molecule has 0 saturated carbocycles. The van der Waals surface area contributed by atoms with E-state index in [0.29, 0.717) is 16.1 Å². The van der Waals surface area contributed by atoms with Crippen molar-refractivity contribution in [1.82, 2.24) is 19.9 Å². The van der Waals surface area contributed by atoms with E-state index in [4.69, 9.17) is 16.3 Å². The molecule has 0 bridgehead atoms. The van der Waals surface area contributed by atoms with Crippen LogP contribution < -0.4 is 0 Å². The molecule has 8 nitrogen and oxygen atoms in total. The molecule has 1 amide bonds. The minimum Gasteiger partial charge on any atom is -0.481 e. The van der Waals surface area contributed by atoms with Crippen LogP contribution in [0, 0.1) is 0 Å². The number of amides is 1. The van der Waals surface area contributed by atoms with Crippen molar-refractivity contribution in [3.05, 3.63) is 58.1 Å². The molecule has 2 aromatic carbocycles. The van der Waals surface area contributed by atoms with Gasteiger partial charge in [-0.3, -0.25) is 4.79 Å². The molecule has 3 rings (SSSR count). The Morgan fingerprint density at radius 2 is 1.91 bits per heavy atom. The molecule has 2 atom stereocenters. The first kappa shape index (κ1) is 23.5. The van der Waals surface area contributed by atoms with E-state index in [1.54, 1.807) is 24.8 Å². The molecule has 0 aliphatic carbocycles. The van der Waals surface area contributed by atoms with E-state index in [2.05, 4.69) is 10.3 Å². The predicted molar refractivity (Wildman–Crippen MR) is 122 cm³/mol. The highest BCUT2D eigenvalue weighted by Crippen LogP contribution is 2.32. The number of aliphatic carboxylic acids is 1. The Kier molecular flexibility index (Phi) is 7.35. The van der Waals surface area contributed by atoms with Crippen molar-refractivity contribution in [2.75, 3.05) is 7.05 Å². The van der Waals surface area contributed by atoms with Crippen molar-refractivity contribution in [3.63, 3.8) is 0 Å². The van der Waals surface area contributed by atoms with Gasteiger partial charge in [-0.25, -0.2) is 9.48 Å². The number of halogens is 1. The topological polar surface area (TPSA) is 97.6 Å². The summed E-state index contributed by atoms with van der Waals surface area (Å²) in [6, 6.07) is 11.0. The monoisotopic (exact) mass is 458 g/mol. The van der Waals surface area contributed by atoms with Crippen molar-refractivity contribution in [2.24, 2.45) is 7.05 Å². The number of carbonyl (C=O) groups excluding carboxylic acids is 1. The molecular weight excluding hydrogens is 432 g/mol. The maximum absolute atomic E-state index is 12.3. The summed E-state index contributed by atoms with van der Waals surface area (Å²) in [5.41, 5.74) is 3.88. The van der Waals surface area contributed by atoms with Crippen LogP contribution in [-0.4, -0.2) is 50.2 Å². The van der Waals surface area contributed by atoms with Crippen LogP contribution in [0.3, 0.4) is 0 Å². The van der Waals surface area contributed by atoms with Crippen molar-refractivity contribution < 1.29 is 19.4 Å². The zero-order chi connectivity index (χ0) is 23.4. The van der Waals surface area contributed by atoms with E-state index in [-0.39, 0.29) is 19.1 Å². The van der Waals surface area contributed by atoms with Crippen LogP contribution in [0.25, 0.3) is 11.0 Å². The fourth-order valence-corrected chi connectivity index (χ4v) is 3.65. The molecule has 1 heterocycles. The molecule has 1 aromatic heterocycles. The summed E-state index contributed by atoms with van der Waals surface area (Å²) in [5, 5.41) is 18.2. The zero-order valence-corrected chi connectivity index (χ0v) is 19.3. The largest absolute Gasteiger partial charge is 0.481 e. The van der Waals surface area contributed by atoms with Gasteiger partial charge in [-0.15, -0.1) is 5.10 Å². The third-order valence-electron chi connectivity index (χ3n) is 5.48. The molecule has 0 saturated heterocycles. The van der Waals surface area contributed by atoms with E-state index < -0.39 is 18.0 Å². The quantitative estimate of drug-likeness (QED) is 0.530. The van der Waals surface area contributed by atoms with Gasteiger partial charge in [-0.1, -0.05) is 41.9 Å². The first-order valence-electron chi connectivity index (χ1n) is 10.4. The number of aromatic nitrogens is 3. The lowest BCUT2D eigenvalue weighted by Crippen LogP contribution is -2.29. The molecule has 0 spiro atoms. The molecule has 0 aliphatic heterocycles. The number of aryl methyl sites for hydroxylation is 1. The fraction of sp³-hybridized carbons (Fsp3) is 0.391. The maximum atomic E-state index is 12.3. The van der Waals surface area contributed by atoms with Gasteiger partial charge in [0.05, 0.1) is 18.5 Å².